The highest BCUT2D eigenvalue weighted by Crippen LogP contribution is 2.25. The fraction of sp³-hybridized carbons (Fsp3) is 0.722. The zero-order chi connectivity index (χ0) is 17.7. The first kappa shape index (κ1) is 18.5. The summed E-state index contributed by atoms with van der Waals surface area (Å²) in [6, 6.07) is 0. The van der Waals surface area contributed by atoms with Crippen LogP contribution in [0, 0.1) is 11.8 Å². The normalized spacial score (nSPS) is 19.9. The van der Waals surface area contributed by atoms with Crippen LogP contribution >= 0.6 is 0 Å². The van der Waals surface area contributed by atoms with E-state index in [0.717, 1.165) is 38.8 Å². The van der Waals surface area contributed by atoms with Gasteiger partial charge >= 0.3 is 0 Å². The van der Waals surface area contributed by atoms with E-state index in [-0.39, 0.29) is 23.6 Å². The Morgan fingerprint density at radius 2 is 1.54 bits per heavy atom. The van der Waals surface area contributed by atoms with Crippen LogP contribution in [0.2, 0.25) is 0 Å². The molecule has 0 spiro atoms. The summed E-state index contributed by atoms with van der Waals surface area (Å²) >= 11 is 0. The van der Waals surface area contributed by atoms with Crippen LogP contribution in [0.1, 0.15) is 32.1 Å². The number of rotatable bonds is 4. The summed E-state index contributed by atoms with van der Waals surface area (Å²) in [6.45, 7) is 6.27. The molecule has 0 bridgehead atoms. The van der Waals surface area contributed by atoms with Gasteiger partial charge in [0.15, 0.2) is 0 Å². The van der Waals surface area contributed by atoms with Gasteiger partial charge in [-0.05, 0) is 37.7 Å². The Bertz CT molecular complexity index is 488. The number of carbonyl (C=O) groups excluding carboxylic acids is 3. The first-order chi connectivity index (χ1) is 11.4. The van der Waals surface area contributed by atoms with Crippen molar-refractivity contribution in [2.45, 2.75) is 32.1 Å². The molecule has 6 nitrogen and oxygen atoms in total. The van der Waals surface area contributed by atoms with E-state index in [4.69, 9.17) is 0 Å². The Morgan fingerprint density at radius 3 is 2.04 bits per heavy atom. The lowest BCUT2D eigenvalue weighted by Gasteiger charge is -2.37. The number of hydrogen-bond acceptors (Lipinski definition) is 3. The molecule has 2 rings (SSSR count). The summed E-state index contributed by atoms with van der Waals surface area (Å²) in [4.78, 5) is 41.4. The Balaban J connectivity index is 1.76. The van der Waals surface area contributed by atoms with Crippen LogP contribution in [-0.2, 0) is 14.4 Å². The van der Waals surface area contributed by atoms with Gasteiger partial charge in [0.1, 0.15) is 0 Å². The summed E-state index contributed by atoms with van der Waals surface area (Å²) in [6.07, 6.45) is 5.19. The van der Waals surface area contributed by atoms with E-state index in [1.165, 1.54) is 6.08 Å². The van der Waals surface area contributed by atoms with E-state index in [0.29, 0.717) is 25.4 Å². The highest BCUT2D eigenvalue weighted by atomic mass is 16.2. The predicted octanol–water partition coefficient (Wildman–Crippen LogP) is 1.13. The average molecular weight is 335 g/mol. The maximum atomic E-state index is 12.7. The van der Waals surface area contributed by atoms with Crippen molar-refractivity contribution in [1.29, 1.82) is 0 Å². The van der Waals surface area contributed by atoms with Gasteiger partial charge in [0.05, 0.1) is 0 Å². The Labute approximate surface area is 144 Å². The lowest BCUT2D eigenvalue weighted by molar-refractivity contribution is -0.140. The summed E-state index contributed by atoms with van der Waals surface area (Å²) in [5.41, 5.74) is 0. The summed E-state index contributed by atoms with van der Waals surface area (Å²) in [5, 5.41) is 0. The fourth-order valence-electron chi connectivity index (χ4n) is 3.52. The Kier molecular flexibility index (Phi) is 6.40. The van der Waals surface area contributed by atoms with Crippen molar-refractivity contribution in [3.8, 4) is 0 Å². The van der Waals surface area contributed by atoms with Crippen LogP contribution in [0.25, 0.3) is 0 Å². The van der Waals surface area contributed by atoms with Crippen LogP contribution in [0.5, 0.6) is 0 Å². The van der Waals surface area contributed by atoms with E-state index in [1.807, 2.05) is 4.90 Å². The van der Waals surface area contributed by atoms with E-state index in [1.54, 1.807) is 23.9 Å². The molecule has 3 amide bonds. The SMILES string of the molecule is C=CC(=O)N1CCC(C(=O)N2CCC(CC(=O)N(C)C)CC2)CC1. The summed E-state index contributed by atoms with van der Waals surface area (Å²) in [7, 11) is 3.56. The molecule has 24 heavy (non-hydrogen) atoms. The molecule has 2 saturated heterocycles. The van der Waals surface area contributed by atoms with Crippen molar-refractivity contribution in [2.75, 3.05) is 40.3 Å². The molecule has 0 aromatic heterocycles. The first-order valence-corrected chi connectivity index (χ1v) is 8.82. The monoisotopic (exact) mass is 335 g/mol. The standard InChI is InChI=1S/C18H29N3O3/c1-4-16(22)20-11-7-15(8-12-20)18(24)21-9-5-14(6-10-21)13-17(23)19(2)3/h4,14-15H,1,5-13H2,2-3H3. The first-order valence-electron chi connectivity index (χ1n) is 8.82. The molecule has 2 heterocycles. The summed E-state index contributed by atoms with van der Waals surface area (Å²) in [5.74, 6) is 0.749. The van der Waals surface area contributed by atoms with Crippen molar-refractivity contribution in [3.05, 3.63) is 12.7 Å². The van der Waals surface area contributed by atoms with Crippen LogP contribution in [-0.4, -0.2) is 72.7 Å². The molecule has 0 atom stereocenters. The van der Waals surface area contributed by atoms with Gasteiger partial charge in [-0.1, -0.05) is 6.58 Å². The molecular formula is C18H29N3O3. The van der Waals surface area contributed by atoms with Crippen molar-refractivity contribution in [3.63, 3.8) is 0 Å². The third kappa shape index (κ3) is 4.58. The lowest BCUT2D eigenvalue weighted by Crippen LogP contribution is -2.46. The van der Waals surface area contributed by atoms with E-state index < -0.39 is 0 Å². The molecule has 0 aromatic rings. The maximum Gasteiger partial charge on any atom is 0.245 e. The minimum atomic E-state index is -0.0488. The molecule has 0 radical (unpaired) electrons. The van der Waals surface area contributed by atoms with Gasteiger partial charge < -0.3 is 14.7 Å². The number of amides is 3. The van der Waals surface area contributed by atoms with E-state index >= 15 is 0 Å². The quantitative estimate of drug-likeness (QED) is 0.724. The van der Waals surface area contributed by atoms with Crippen LogP contribution < -0.4 is 0 Å². The van der Waals surface area contributed by atoms with Gasteiger partial charge in [-0.25, -0.2) is 0 Å². The second-order valence-electron chi connectivity index (χ2n) is 7.06. The predicted molar refractivity (Wildman–Crippen MR) is 92.1 cm³/mol. The van der Waals surface area contributed by atoms with Gasteiger partial charge in [0, 0.05) is 52.6 Å². The molecule has 2 aliphatic rings. The van der Waals surface area contributed by atoms with E-state index in [9.17, 15) is 14.4 Å². The van der Waals surface area contributed by atoms with Crippen LogP contribution in [0.4, 0.5) is 0 Å². The molecule has 0 saturated carbocycles. The van der Waals surface area contributed by atoms with Crippen molar-refractivity contribution < 1.29 is 14.4 Å². The number of nitrogens with zero attached hydrogens (tertiary/aromatic N) is 3. The topological polar surface area (TPSA) is 60.9 Å². The molecular weight excluding hydrogens is 306 g/mol. The van der Waals surface area contributed by atoms with Gasteiger partial charge in [-0.15, -0.1) is 0 Å². The fourth-order valence-corrected chi connectivity index (χ4v) is 3.52. The Morgan fingerprint density at radius 1 is 1.00 bits per heavy atom. The molecule has 0 aliphatic carbocycles. The third-order valence-corrected chi connectivity index (χ3v) is 5.22. The minimum Gasteiger partial charge on any atom is -0.349 e. The number of hydrogen-bond donors (Lipinski definition) is 0. The van der Waals surface area contributed by atoms with E-state index in [2.05, 4.69) is 6.58 Å². The van der Waals surface area contributed by atoms with Crippen LogP contribution in [0.3, 0.4) is 0 Å². The number of carbonyl (C=O) groups is 3. The van der Waals surface area contributed by atoms with Crippen molar-refractivity contribution >= 4 is 17.7 Å². The highest BCUT2D eigenvalue weighted by molar-refractivity contribution is 5.87. The average Bonchev–Trinajstić information content (AvgIpc) is 2.61. The van der Waals surface area contributed by atoms with Gasteiger partial charge in [0.25, 0.3) is 0 Å². The summed E-state index contributed by atoms with van der Waals surface area (Å²) < 4.78 is 0. The highest BCUT2D eigenvalue weighted by Gasteiger charge is 2.32. The largest absolute Gasteiger partial charge is 0.349 e. The molecule has 0 N–H and O–H groups in total. The second kappa shape index (κ2) is 8.31. The number of likely N-dealkylation sites (tertiary alicyclic amines) is 2. The third-order valence-electron chi connectivity index (χ3n) is 5.22. The molecule has 0 unspecified atom stereocenters. The Hall–Kier alpha value is -1.85. The van der Waals surface area contributed by atoms with Gasteiger partial charge in [-0.2, -0.15) is 0 Å². The van der Waals surface area contributed by atoms with Gasteiger partial charge in [-0.3, -0.25) is 14.4 Å². The maximum absolute atomic E-state index is 12.7. The second-order valence-corrected chi connectivity index (χ2v) is 7.06. The molecule has 2 fully saturated rings. The van der Waals surface area contributed by atoms with Gasteiger partial charge in [0.2, 0.25) is 17.7 Å². The molecule has 2 aliphatic heterocycles. The lowest BCUT2D eigenvalue weighted by atomic mass is 9.90. The molecule has 0 aromatic carbocycles. The number of piperidine rings is 2. The zero-order valence-corrected chi connectivity index (χ0v) is 14.9. The van der Waals surface area contributed by atoms with Crippen molar-refractivity contribution in [2.24, 2.45) is 11.8 Å². The molecule has 134 valence electrons. The van der Waals surface area contributed by atoms with Crippen molar-refractivity contribution in [1.82, 2.24) is 14.7 Å². The van der Waals surface area contributed by atoms with Crippen LogP contribution in [0.15, 0.2) is 12.7 Å². The zero-order valence-electron chi connectivity index (χ0n) is 14.9. The molecule has 6 heteroatoms. The smallest absolute Gasteiger partial charge is 0.245 e. The minimum absolute atomic E-state index is 0.0267.